The summed E-state index contributed by atoms with van der Waals surface area (Å²) in [6.45, 7) is 14.4. The van der Waals surface area contributed by atoms with Crippen molar-refractivity contribution in [2.45, 2.75) is 40.0 Å². The fourth-order valence-electron chi connectivity index (χ4n) is 2.83. The first-order chi connectivity index (χ1) is 10.6. The van der Waals surface area contributed by atoms with Crippen LogP contribution in [0.1, 0.15) is 40.2 Å². The summed E-state index contributed by atoms with van der Waals surface area (Å²) in [7, 11) is 0. The van der Waals surface area contributed by atoms with Gasteiger partial charge in [-0.25, -0.2) is 5.01 Å². The molecule has 0 aromatic heterocycles. The second-order valence-electron chi connectivity index (χ2n) is 7.82. The predicted molar refractivity (Wildman–Crippen MR) is 96.2 cm³/mol. The van der Waals surface area contributed by atoms with Crippen LogP contribution in [0.25, 0.3) is 10.8 Å². The summed E-state index contributed by atoms with van der Waals surface area (Å²) in [4.78, 5) is 12.7. The number of anilines is 1. The van der Waals surface area contributed by atoms with Crippen LogP contribution in [0, 0.1) is 5.41 Å². The van der Waals surface area contributed by atoms with Crippen molar-refractivity contribution in [3.63, 3.8) is 0 Å². The summed E-state index contributed by atoms with van der Waals surface area (Å²) in [6, 6.07) is 12.5. The lowest BCUT2D eigenvalue weighted by Crippen LogP contribution is -2.35. The fraction of sp³-hybridized carbons (Fsp3) is 0.350. The largest absolute Gasteiger partial charge is 0.295 e. The first-order valence-electron chi connectivity index (χ1n) is 7.96. The Labute approximate surface area is 138 Å². The second kappa shape index (κ2) is 4.85. The summed E-state index contributed by atoms with van der Waals surface area (Å²) in [5.41, 5.74) is 5.53. The molecule has 23 heavy (non-hydrogen) atoms. The van der Waals surface area contributed by atoms with Crippen LogP contribution in [0.3, 0.4) is 0 Å². The van der Waals surface area contributed by atoms with E-state index in [4.69, 9.17) is 0 Å². The zero-order valence-electron chi connectivity index (χ0n) is 14.5. The van der Waals surface area contributed by atoms with E-state index in [2.05, 4.69) is 57.0 Å². The number of nitrogens with one attached hydrogen (secondary N) is 1. The van der Waals surface area contributed by atoms with E-state index in [0.717, 1.165) is 22.2 Å². The smallest absolute Gasteiger partial charge is 0.257 e. The van der Waals surface area contributed by atoms with Gasteiger partial charge in [-0.05, 0) is 36.3 Å². The number of rotatable bonds is 1. The van der Waals surface area contributed by atoms with Crippen LogP contribution in [-0.4, -0.2) is 5.91 Å². The first-order valence-corrected chi connectivity index (χ1v) is 7.96. The molecule has 0 saturated carbocycles. The lowest BCUT2D eigenvalue weighted by Gasteiger charge is -2.22. The van der Waals surface area contributed by atoms with Crippen LogP contribution < -0.4 is 10.4 Å². The number of nitrogens with zero attached hydrogens (tertiary/aromatic N) is 1. The predicted octanol–water partition coefficient (Wildman–Crippen LogP) is 4.53. The molecule has 2 aromatic rings. The Balaban J connectivity index is 2.13. The normalized spacial score (nSPS) is 17.7. The van der Waals surface area contributed by atoms with Crippen LogP contribution in [0.5, 0.6) is 0 Å². The molecule has 1 saturated heterocycles. The van der Waals surface area contributed by atoms with Gasteiger partial charge in [-0.3, -0.25) is 10.2 Å². The highest BCUT2D eigenvalue weighted by atomic mass is 16.2. The van der Waals surface area contributed by atoms with Gasteiger partial charge in [0.05, 0.1) is 11.1 Å². The minimum absolute atomic E-state index is 0.0231. The third kappa shape index (κ3) is 2.40. The number of carbonyl (C=O) groups excluding carboxylic acids is 1. The second-order valence-corrected chi connectivity index (χ2v) is 7.82. The number of hydrazine groups is 1. The zero-order valence-corrected chi connectivity index (χ0v) is 14.5. The maximum absolute atomic E-state index is 12.7. The molecule has 0 unspecified atom stereocenters. The number of hydrogen-bond donors (Lipinski definition) is 1. The number of benzene rings is 2. The summed E-state index contributed by atoms with van der Waals surface area (Å²) >= 11 is 0. The topological polar surface area (TPSA) is 32.3 Å². The molecule has 0 atom stereocenters. The highest BCUT2D eigenvalue weighted by Crippen LogP contribution is 2.37. The van der Waals surface area contributed by atoms with Gasteiger partial charge in [-0.15, -0.1) is 0 Å². The Kier molecular flexibility index (Phi) is 3.29. The highest BCUT2D eigenvalue weighted by Gasteiger charge is 2.43. The number of carbonyl (C=O) groups is 1. The minimum Gasteiger partial charge on any atom is -0.295 e. The van der Waals surface area contributed by atoms with E-state index < -0.39 is 5.41 Å². The molecule has 120 valence electrons. The summed E-state index contributed by atoms with van der Waals surface area (Å²) in [6.07, 6.45) is 0. The van der Waals surface area contributed by atoms with Crippen molar-refractivity contribution in [1.82, 2.24) is 5.43 Å². The molecule has 2 aromatic carbocycles. The van der Waals surface area contributed by atoms with Gasteiger partial charge < -0.3 is 0 Å². The van der Waals surface area contributed by atoms with Gasteiger partial charge in [0.25, 0.3) is 5.91 Å². The van der Waals surface area contributed by atoms with Gasteiger partial charge in [-0.1, -0.05) is 57.7 Å². The van der Waals surface area contributed by atoms with E-state index in [9.17, 15) is 4.79 Å². The lowest BCUT2D eigenvalue weighted by molar-refractivity contribution is -0.123. The van der Waals surface area contributed by atoms with E-state index in [0.29, 0.717) is 0 Å². The van der Waals surface area contributed by atoms with Crippen molar-refractivity contribution in [1.29, 1.82) is 0 Å². The van der Waals surface area contributed by atoms with Crippen molar-refractivity contribution < 1.29 is 4.79 Å². The third-order valence-electron chi connectivity index (χ3n) is 4.70. The van der Waals surface area contributed by atoms with Crippen molar-refractivity contribution in [3.8, 4) is 0 Å². The molecule has 1 heterocycles. The summed E-state index contributed by atoms with van der Waals surface area (Å²) in [5, 5.41) is 3.83. The Hall–Kier alpha value is -2.29. The number of fused-ring (bicyclic) bond motifs is 1. The van der Waals surface area contributed by atoms with Crippen molar-refractivity contribution in [2.75, 3.05) is 5.01 Å². The average molecular weight is 308 g/mol. The molecule has 1 fully saturated rings. The molecule has 0 aliphatic carbocycles. The monoisotopic (exact) mass is 308 g/mol. The van der Waals surface area contributed by atoms with Crippen LogP contribution in [0.2, 0.25) is 0 Å². The average Bonchev–Trinajstić information content (AvgIpc) is 2.68. The molecule has 1 N–H and O–H groups in total. The minimum atomic E-state index is -0.590. The Morgan fingerprint density at radius 2 is 1.83 bits per heavy atom. The van der Waals surface area contributed by atoms with Crippen LogP contribution >= 0.6 is 0 Å². The van der Waals surface area contributed by atoms with E-state index in [1.807, 2.05) is 26.0 Å². The molecule has 1 aliphatic heterocycles. The molecule has 3 rings (SSSR count). The molecule has 1 amide bonds. The molecule has 0 bridgehead atoms. The van der Waals surface area contributed by atoms with Gasteiger partial charge >= 0.3 is 0 Å². The molecule has 3 nitrogen and oxygen atoms in total. The lowest BCUT2D eigenvalue weighted by atomic mass is 9.85. The van der Waals surface area contributed by atoms with Crippen LogP contribution in [0.15, 0.2) is 48.7 Å². The van der Waals surface area contributed by atoms with Crippen molar-refractivity contribution in [2.24, 2.45) is 5.41 Å². The van der Waals surface area contributed by atoms with Crippen molar-refractivity contribution >= 4 is 22.4 Å². The van der Waals surface area contributed by atoms with Gasteiger partial charge in [-0.2, -0.15) is 0 Å². The Morgan fingerprint density at radius 1 is 1.13 bits per heavy atom. The maximum atomic E-state index is 12.7. The highest BCUT2D eigenvalue weighted by molar-refractivity contribution is 6.07. The maximum Gasteiger partial charge on any atom is 0.257 e. The molecule has 0 spiro atoms. The standard InChI is InChI=1S/C20H24N2O/c1-13-20(5,6)18(23)22(21-13)17-9-7-8-14-12-15(19(2,3)4)10-11-16(14)17/h7-12,21H,1H2,2-6H3. The number of amides is 1. The van der Waals surface area contributed by atoms with Gasteiger partial charge in [0.1, 0.15) is 0 Å². The zero-order chi connectivity index (χ0) is 17.0. The molecule has 3 heteroatoms. The first kappa shape index (κ1) is 15.6. The molecular formula is C20H24N2O. The SMILES string of the molecule is C=C1NN(c2cccc3cc(C(C)(C)C)ccc23)C(=O)C1(C)C. The van der Waals surface area contributed by atoms with E-state index in [-0.39, 0.29) is 11.3 Å². The van der Waals surface area contributed by atoms with Gasteiger partial charge in [0.2, 0.25) is 0 Å². The Morgan fingerprint density at radius 3 is 2.39 bits per heavy atom. The van der Waals surface area contributed by atoms with Crippen LogP contribution in [0.4, 0.5) is 5.69 Å². The number of hydrogen-bond acceptors (Lipinski definition) is 2. The van der Waals surface area contributed by atoms with Crippen LogP contribution in [-0.2, 0) is 10.2 Å². The molecule has 1 aliphatic rings. The van der Waals surface area contributed by atoms with E-state index >= 15 is 0 Å². The Bertz CT molecular complexity index is 812. The van der Waals surface area contributed by atoms with Crippen molar-refractivity contribution in [3.05, 3.63) is 54.2 Å². The summed E-state index contributed by atoms with van der Waals surface area (Å²) < 4.78 is 0. The van der Waals surface area contributed by atoms with E-state index in [1.165, 1.54) is 5.56 Å². The van der Waals surface area contributed by atoms with Gasteiger partial charge in [0.15, 0.2) is 0 Å². The fourth-order valence-corrected chi connectivity index (χ4v) is 2.83. The molecule has 0 radical (unpaired) electrons. The quantitative estimate of drug-likeness (QED) is 0.839. The third-order valence-corrected chi connectivity index (χ3v) is 4.70. The van der Waals surface area contributed by atoms with Gasteiger partial charge in [0, 0.05) is 11.1 Å². The molecular weight excluding hydrogens is 284 g/mol. The van der Waals surface area contributed by atoms with E-state index in [1.54, 1.807) is 5.01 Å². The summed E-state index contributed by atoms with van der Waals surface area (Å²) in [5.74, 6) is 0.0231.